The third-order valence-electron chi connectivity index (χ3n) is 2.58. The van der Waals surface area contributed by atoms with Gasteiger partial charge >= 0.3 is 5.97 Å². The zero-order chi connectivity index (χ0) is 13.7. The Balaban J connectivity index is 2.15. The first kappa shape index (κ1) is 13.6. The number of benzene rings is 1. The summed E-state index contributed by atoms with van der Waals surface area (Å²) in [6.45, 7) is 2.15. The summed E-state index contributed by atoms with van der Waals surface area (Å²) >= 11 is 5.80. The summed E-state index contributed by atoms with van der Waals surface area (Å²) < 4.78 is 10.2. The second-order valence-corrected chi connectivity index (χ2v) is 4.23. The van der Waals surface area contributed by atoms with Crippen LogP contribution in [-0.4, -0.2) is 17.6 Å². The Morgan fingerprint density at radius 2 is 2.11 bits per heavy atom. The second kappa shape index (κ2) is 6.38. The van der Waals surface area contributed by atoms with E-state index in [9.17, 15) is 4.79 Å². The van der Waals surface area contributed by atoms with Crippen molar-refractivity contribution in [2.75, 3.05) is 6.61 Å². The first-order valence-electron chi connectivity index (χ1n) is 6.07. The van der Waals surface area contributed by atoms with E-state index in [1.54, 1.807) is 6.92 Å². The normalized spacial score (nSPS) is 10.4. The molecule has 0 aliphatic carbocycles. The minimum Gasteiger partial charge on any atom is -0.466 e. The van der Waals surface area contributed by atoms with Crippen molar-refractivity contribution >= 4 is 17.6 Å². The maximum atomic E-state index is 11.4. The predicted octanol–water partition coefficient (Wildman–Crippen LogP) is 3.49. The summed E-state index contributed by atoms with van der Waals surface area (Å²) in [6.07, 6.45) is 0.669. The van der Waals surface area contributed by atoms with Gasteiger partial charge in [-0.15, -0.1) is 0 Å². The summed E-state index contributed by atoms with van der Waals surface area (Å²) in [5, 5.41) is 0.0812. The smallest absolute Gasteiger partial charge is 0.306 e. The van der Waals surface area contributed by atoms with E-state index in [1.165, 1.54) is 0 Å². The molecule has 1 aromatic heterocycles. The van der Waals surface area contributed by atoms with Crippen LogP contribution in [-0.2, 0) is 16.0 Å². The van der Waals surface area contributed by atoms with Gasteiger partial charge in [-0.1, -0.05) is 30.3 Å². The van der Waals surface area contributed by atoms with Crippen LogP contribution < -0.4 is 0 Å². The van der Waals surface area contributed by atoms with E-state index in [0.29, 0.717) is 24.5 Å². The maximum Gasteiger partial charge on any atom is 0.306 e. The quantitative estimate of drug-likeness (QED) is 0.786. The number of nitrogens with zero attached hydrogens (tertiary/aromatic N) is 1. The highest BCUT2D eigenvalue weighted by Crippen LogP contribution is 2.26. The number of hydrogen-bond donors (Lipinski definition) is 0. The standard InChI is InChI=1S/C14H14ClNO3/c1-2-18-12(17)9-8-11-13(16-14(15)19-11)10-6-4-3-5-7-10/h3-7H,2,8-9H2,1H3. The van der Waals surface area contributed by atoms with Gasteiger partial charge in [-0.05, 0) is 18.5 Å². The van der Waals surface area contributed by atoms with Gasteiger partial charge in [0.15, 0.2) is 0 Å². The molecule has 0 aliphatic rings. The van der Waals surface area contributed by atoms with E-state index < -0.39 is 0 Å². The molecule has 19 heavy (non-hydrogen) atoms. The molecule has 0 unspecified atom stereocenters. The Morgan fingerprint density at radius 3 is 2.79 bits per heavy atom. The molecule has 0 aliphatic heterocycles. The predicted molar refractivity (Wildman–Crippen MR) is 71.9 cm³/mol. The molecule has 2 aromatic rings. The summed E-state index contributed by atoms with van der Waals surface area (Å²) in [4.78, 5) is 15.5. The van der Waals surface area contributed by atoms with Crippen molar-refractivity contribution in [3.8, 4) is 11.3 Å². The van der Waals surface area contributed by atoms with Crippen LogP contribution in [0.3, 0.4) is 0 Å². The first-order valence-corrected chi connectivity index (χ1v) is 6.44. The molecule has 4 nitrogen and oxygen atoms in total. The van der Waals surface area contributed by atoms with Gasteiger partial charge in [0.2, 0.25) is 0 Å². The fraction of sp³-hybridized carbons (Fsp3) is 0.286. The average Bonchev–Trinajstić information content (AvgIpc) is 2.79. The number of carbonyl (C=O) groups excluding carboxylic acids is 1. The fourth-order valence-electron chi connectivity index (χ4n) is 1.76. The van der Waals surface area contributed by atoms with Crippen LogP contribution >= 0.6 is 11.6 Å². The molecule has 0 bridgehead atoms. The third kappa shape index (κ3) is 3.58. The van der Waals surface area contributed by atoms with E-state index in [4.69, 9.17) is 20.8 Å². The lowest BCUT2D eigenvalue weighted by atomic mass is 10.1. The van der Waals surface area contributed by atoms with Gasteiger partial charge in [0.25, 0.3) is 5.35 Å². The lowest BCUT2D eigenvalue weighted by Gasteiger charge is -2.02. The Labute approximate surface area is 116 Å². The van der Waals surface area contributed by atoms with Crippen molar-refractivity contribution in [3.63, 3.8) is 0 Å². The molecule has 0 radical (unpaired) electrons. The van der Waals surface area contributed by atoms with Crippen LogP contribution in [0.5, 0.6) is 0 Å². The lowest BCUT2D eigenvalue weighted by Crippen LogP contribution is -2.05. The average molecular weight is 280 g/mol. The Kier molecular flexibility index (Phi) is 4.58. The van der Waals surface area contributed by atoms with E-state index in [0.717, 1.165) is 5.56 Å². The molecule has 0 spiro atoms. The van der Waals surface area contributed by atoms with E-state index in [1.807, 2.05) is 30.3 Å². The number of carbonyl (C=O) groups is 1. The molecular weight excluding hydrogens is 266 g/mol. The van der Waals surface area contributed by atoms with Gasteiger partial charge in [0, 0.05) is 12.0 Å². The number of ether oxygens (including phenoxy) is 1. The largest absolute Gasteiger partial charge is 0.466 e. The molecule has 0 saturated heterocycles. The summed E-state index contributed by atoms with van der Waals surface area (Å²) in [7, 11) is 0. The van der Waals surface area contributed by atoms with Gasteiger partial charge in [0.05, 0.1) is 13.0 Å². The van der Waals surface area contributed by atoms with Crippen LogP contribution in [0.2, 0.25) is 5.35 Å². The Bertz CT molecular complexity index is 551. The molecule has 100 valence electrons. The monoisotopic (exact) mass is 279 g/mol. The van der Waals surface area contributed by atoms with Crippen molar-refractivity contribution in [3.05, 3.63) is 41.4 Å². The number of aromatic nitrogens is 1. The van der Waals surface area contributed by atoms with E-state index in [2.05, 4.69) is 4.98 Å². The zero-order valence-corrected chi connectivity index (χ0v) is 11.3. The first-order chi connectivity index (χ1) is 9.20. The molecule has 1 aromatic carbocycles. The van der Waals surface area contributed by atoms with Crippen LogP contribution in [0.4, 0.5) is 0 Å². The third-order valence-corrected chi connectivity index (χ3v) is 2.74. The highest BCUT2D eigenvalue weighted by molar-refractivity contribution is 6.27. The number of halogens is 1. The van der Waals surface area contributed by atoms with Crippen LogP contribution in [0.1, 0.15) is 19.1 Å². The highest BCUT2D eigenvalue weighted by atomic mass is 35.5. The number of rotatable bonds is 5. The summed E-state index contributed by atoms with van der Waals surface area (Å²) in [5.41, 5.74) is 1.59. The van der Waals surface area contributed by atoms with Gasteiger partial charge < -0.3 is 9.15 Å². The van der Waals surface area contributed by atoms with E-state index in [-0.39, 0.29) is 17.7 Å². The molecule has 0 fully saturated rings. The molecule has 0 atom stereocenters. The van der Waals surface area contributed by atoms with Crippen molar-refractivity contribution < 1.29 is 13.9 Å². The number of oxazole rings is 1. The molecule has 5 heteroatoms. The number of aryl methyl sites for hydroxylation is 1. The SMILES string of the molecule is CCOC(=O)CCc1oc(Cl)nc1-c1ccccc1. The molecule has 1 heterocycles. The topological polar surface area (TPSA) is 52.3 Å². The molecular formula is C14H14ClNO3. The van der Waals surface area contributed by atoms with E-state index >= 15 is 0 Å². The summed E-state index contributed by atoms with van der Waals surface area (Å²) in [5.74, 6) is 0.346. The molecule has 0 saturated carbocycles. The van der Waals surface area contributed by atoms with Crippen molar-refractivity contribution in [1.29, 1.82) is 0 Å². The van der Waals surface area contributed by atoms with Gasteiger partial charge in [-0.25, -0.2) is 0 Å². The number of esters is 1. The number of hydrogen-bond acceptors (Lipinski definition) is 4. The van der Waals surface area contributed by atoms with Crippen molar-refractivity contribution in [2.45, 2.75) is 19.8 Å². The second-order valence-electron chi connectivity index (χ2n) is 3.91. The lowest BCUT2D eigenvalue weighted by molar-refractivity contribution is -0.143. The minimum atomic E-state index is -0.256. The van der Waals surface area contributed by atoms with Crippen LogP contribution in [0.15, 0.2) is 34.7 Å². The maximum absolute atomic E-state index is 11.4. The Morgan fingerprint density at radius 1 is 1.37 bits per heavy atom. The van der Waals surface area contributed by atoms with Gasteiger partial charge in [0.1, 0.15) is 11.5 Å². The van der Waals surface area contributed by atoms with Gasteiger partial charge in [-0.3, -0.25) is 4.79 Å². The Hall–Kier alpha value is -1.81. The van der Waals surface area contributed by atoms with Crippen LogP contribution in [0, 0.1) is 0 Å². The zero-order valence-electron chi connectivity index (χ0n) is 10.6. The highest BCUT2D eigenvalue weighted by Gasteiger charge is 2.15. The molecule has 2 rings (SSSR count). The summed E-state index contributed by atoms with van der Waals surface area (Å²) in [6, 6.07) is 9.58. The molecule has 0 amide bonds. The van der Waals surface area contributed by atoms with Crippen molar-refractivity contribution in [2.24, 2.45) is 0 Å². The fourth-order valence-corrected chi connectivity index (χ4v) is 1.94. The molecule has 0 N–H and O–H groups in total. The van der Waals surface area contributed by atoms with Crippen LogP contribution in [0.25, 0.3) is 11.3 Å². The van der Waals surface area contributed by atoms with Gasteiger partial charge in [-0.2, -0.15) is 4.98 Å². The minimum absolute atomic E-state index is 0.0812. The van der Waals surface area contributed by atoms with Crippen molar-refractivity contribution in [1.82, 2.24) is 4.98 Å².